The first-order valence-electron chi connectivity index (χ1n) is 10.7. The van der Waals surface area contributed by atoms with Gasteiger partial charge in [0.25, 0.3) is 10.9 Å². The Labute approximate surface area is 179 Å². The number of carbonyl (C=O) groups excluding carboxylic acids is 1. The van der Waals surface area contributed by atoms with E-state index >= 15 is 0 Å². The zero-order chi connectivity index (χ0) is 22.0. The van der Waals surface area contributed by atoms with Gasteiger partial charge in [0.2, 0.25) is 0 Å². The summed E-state index contributed by atoms with van der Waals surface area (Å²) >= 11 is 0. The van der Waals surface area contributed by atoms with Gasteiger partial charge in [-0.2, -0.15) is 0 Å². The van der Waals surface area contributed by atoms with E-state index < -0.39 is 10.9 Å². The number of halogens is 1. The minimum atomic E-state index is -0.469. The molecule has 0 unspecified atom stereocenters. The highest BCUT2D eigenvalue weighted by molar-refractivity contribution is 5.76. The number of amides is 1. The number of ether oxygens (including phenoxy) is 1. The van der Waals surface area contributed by atoms with Crippen LogP contribution >= 0.6 is 0 Å². The molecule has 2 aromatic carbocycles. The predicted octanol–water partition coefficient (Wildman–Crippen LogP) is 1.78. The van der Waals surface area contributed by atoms with Crippen LogP contribution in [0.3, 0.4) is 0 Å². The highest BCUT2D eigenvalue weighted by Crippen LogP contribution is 2.26. The van der Waals surface area contributed by atoms with E-state index in [-0.39, 0.29) is 18.0 Å². The molecular weight excluding hydrogens is 403 g/mol. The monoisotopic (exact) mass is 430 g/mol. The minimum absolute atomic E-state index is 0.0354. The first-order chi connectivity index (χ1) is 15.0. The Balaban J connectivity index is 1.35. The summed E-state index contributed by atoms with van der Waals surface area (Å²) < 4.78 is 18.2. The van der Waals surface area contributed by atoms with Gasteiger partial charge >= 0.3 is 6.09 Å². The summed E-state index contributed by atoms with van der Waals surface area (Å²) in [7, 11) is 0. The Morgan fingerprint density at radius 1 is 1.00 bits per heavy atom. The summed E-state index contributed by atoms with van der Waals surface area (Å²) in [6.07, 6.45) is 1.07. The first kappa shape index (κ1) is 21.1. The van der Waals surface area contributed by atoms with Gasteiger partial charge < -0.3 is 24.8 Å². The first-order valence-corrected chi connectivity index (χ1v) is 10.7. The second kappa shape index (κ2) is 8.95. The Morgan fingerprint density at radius 3 is 2.23 bits per heavy atom. The lowest BCUT2D eigenvalue weighted by Crippen LogP contribution is -2.52. The molecule has 2 aliphatic heterocycles. The van der Waals surface area contributed by atoms with Crippen LogP contribution in [0.5, 0.6) is 0 Å². The standard InChI is InChI=1S/C22H27FN4O4/c1-2-31-22(30)27-9-7-16(8-10-27)24-18-19(21(29)20(18)28)26-13-11-25(12-14-26)17-5-3-15(23)4-6-17/h3-6,16,24H,2,7-14H2,1H3. The van der Waals surface area contributed by atoms with Crippen molar-refractivity contribution in [3.05, 3.63) is 50.5 Å². The minimum Gasteiger partial charge on any atom is -0.450 e. The van der Waals surface area contributed by atoms with E-state index in [9.17, 15) is 18.8 Å². The van der Waals surface area contributed by atoms with E-state index in [1.807, 2.05) is 4.90 Å². The van der Waals surface area contributed by atoms with Gasteiger partial charge in [-0.05, 0) is 44.0 Å². The van der Waals surface area contributed by atoms with Gasteiger partial charge in [0.05, 0.1) is 6.61 Å². The number of nitrogens with zero attached hydrogens (tertiary/aromatic N) is 3. The summed E-state index contributed by atoms with van der Waals surface area (Å²) in [5.41, 5.74) is 0.898. The highest BCUT2D eigenvalue weighted by atomic mass is 19.1. The highest BCUT2D eigenvalue weighted by Gasteiger charge is 2.31. The van der Waals surface area contributed by atoms with Gasteiger partial charge in [-0.25, -0.2) is 9.18 Å². The molecule has 0 aromatic heterocycles. The molecule has 0 atom stereocenters. The van der Waals surface area contributed by atoms with Gasteiger partial charge in [0.15, 0.2) is 0 Å². The summed E-state index contributed by atoms with van der Waals surface area (Å²) in [5, 5.41) is 3.26. The molecular formula is C22H27FN4O4. The normalized spacial score (nSPS) is 17.8. The number of piperazine rings is 1. The van der Waals surface area contributed by atoms with Gasteiger partial charge in [-0.15, -0.1) is 0 Å². The van der Waals surface area contributed by atoms with Crippen LogP contribution in [-0.2, 0) is 4.74 Å². The van der Waals surface area contributed by atoms with Crippen molar-refractivity contribution in [2.75, 3.05) is 61.0 Å². The number of carbonyl (C=O) groups is 1. The molecule has 2 saturated heterocycles. The third-order valence-electron chi connectivity index (χ3n) is 6.04. The number of piperidine rings is 1. The lowest BCUT2D eigenvalue weighted by molar-refractivity contribution is 0.0983. The van der Waals surface area contributed by atoms with E-state index in [4.69, 9.17) is 4.74 Å². The van der Waals surface area contributed by atoms with Crippen molar-refractivity contribution < 1.29 is 13.9 Å². The van der Waals surface area contributed by atoms with E-state index in [0.717, 1.165) is 5.69 Å². The number of likely N-dealkylation sites (tertiary alicyclic amines) is 1. The maximum atomic E-state index is 13.2. The molecule has 2 heterocycles. The molecule has 1 amide bonds. The maximum Gasteiger partial charge on any atom is 0.409 e. The van der Waals surface area contributed by atoms with Crippen molar-refractivity contribution in [1.29, 1.82) is 0 Å². The summed E-state index contributed by atoms with van der Waals surface area (Å²) in [5.74, 6) is -0.269. The molecule has 0 spiro atoms. The smallest absolute Gasteiger partial charge is 0.409 e. The Bertz CT molecular complexity index is 986. The molecule has 2 aliphatic rings. The second-order valence-corrected chi connectivity index (χ2v) is 7.94. The second-order valence-electron chi connectivity index (χ2n) is 7.94. The topological polar surface area (TPSA) is 82.2 Å². The number of benzene rings is 1. The largest absolute Gasteiger partial charge is 0.450 e. The van der Waals surface area contributed by atoms with Crippen molar-refractivity contribution in [2.24, 2.45) is 0 Å². The average molecular weight is 430 g/mol. The van der Waals surface area contributed by atoms with Crippen molar-refractivity contribution in [1.82, 2.24) is 4.90 Å². The van der Waals surface area contributed by atoms with Crippen molar-refractivity contribution in [3.63, 3.8) is 0 Å². The molecule has 0 saturated carbocycles. The molecule has 4 rings (SSSR count). The average Bonchev–Trinajstić information content (AvgIpc) is 2.80. The SMILES string of the molecule is CCOC(=O)N1CCC(Nc2c(N3CCN(c4ccc(F)cc4)CC3)c(=O)c2=O)CC1. The van der Waals surface area contributed by atoms with E-state index in [0.29, 0.717) is 70.1 Å². The van der Waals surface area contributed by atoms with Crippen LogP contribution in [0, 0.1) is 5.82 Å². The zero-order valence-corrected chi connectivity index (χ0v) is 17.6. The number of anilines is 3. The molecule has 166 valence electrons. The lowest BCUT2D eigenvalue weighted by Gasteiger charge is -2.39. The van der Waals surface area contributed by atoms with Crippen LogP contribution in [0.2, 0.25) is 0 Å². The molecule has 0 bridgehead atoms. The molecule has 31 heavy (non-hydrogen) atoms. The summed E-state index contributed by atoms with van der Waals surface area (Å²) in [4.78, 5) is 42.1. The van der Waals surface area contributed by atoms with E-state index in [1.165, 1.54) is 12.1 Å². The molecule has 1 N–H and O–H groups in total. The lowest BCUT2D eigenvalue weighted by atomic mass is 10.0. The van der Waals surface area contributed by atoms with Crippen LogP contribution in [0.15, 0.2) is 33.9 Å². The summed E-state index contributed by atoms with van der Waals surface area (Å²) in [6, 6.07) is 6.41. The van der Waals surface area contributed by atoms with Crippen LogP contribution in [0.25, 0.3) is 0 Å². The number of rotatable bonds is 5. The predicted molar refractivity (Wildman–Crippen MR) is 117 cm³/mol. The number of hydrogen-bond acceptors (Lipinski definition) is 7. The van der Waals surface area contributed by atoms with Crippen LogP contribution < -0.4 is 26.0 Å². The Kier molecular flexibility index (Phi) is 6.11. The fourth-order valence-corrected chi connectivity index (χ4v) is 4.28. The van der Waals surface area contributed by atoms with Gasteiger partial charge in [-0.1, -0.05) is 0 Å². The third-order valence-corrected chi connectivity index (χ3v) is 6.04. The summed E-state index contributed by atoms with van der Waals surface area (Å²) in [6.45, 7) is 5.81. The van der Waals surface area contributed by atoms with Crippen molar-refractivity contribution >= 4 is 23.2 Å². The molecule has 2 aromatic rings. The number of nitrogens with one attached hydrogen (secondary N) is 1. The van der Waals surface area contributed by atoms with Crippen LogP contribution in [0.4, 0.5) is 26.2 Å². The Hall–Kier alpha value is -3.10. The van der Waals surface area contributed by atoms with Gasteiger partial charge in [0.1, 0.15) is 17.2 Å². The van der Waals surface area contributed by atoms with Crippen LogP contribution in [-0.4, -0.2) is 62.9 Å². The van der Waals surface area contributed by atoms with E-state index in [1.54, 1.807) is 24.0 Å². The van der Waals surface area contributed by atoms with Gasteiger partial charge in [-0.3, -0.25) is 9.59 Å². The fraction of sp³-hybridized carbons (Fsp3) is 0.500. The fourth-order valence-electron chi connectivity index (χ4n) is 4.28. The quantitative estimate of drug-likeness (QED) is 0.724. The van der Waals surface area contributed by atoms with E-state index in [2.05, 4.69) is 10.2 Å². The molecule has 0 aliphatic carbocycles. The molecule has 0 radical (unpaired) electrons. The van der Waals surface area contributed by atoms with Crippen molar-refractivity contribution in [2.45, 2.75) is 25.8 Å². The third kappa shape index (κ3) is 4.35. The Morgan fingerprint density at radius 2 is 1.61 bits per heavy atom. The maximum absolute atomic E-state index is 13.2. The van der Waals surface area contributed by atoms with Crippen molar-refractivity contribution in [3.8, 4) is 0 Å². The molecule has 8 nitrogen and oxygen atoms in total. The number of hydrogen-bond donors (Lipinski definition) is 1. The zero-order valence-electron chi connectivity index (χ0n) is 17.6. The van der Waals surface area contributed by atoms with Gasteiger partial charge in [0, 0.05) is 51.0 Å². The van der Waals surface area contributed by atoms with Crippen LogP contribution in [0.1, 0.15) is 19.8 Å². The molecule has 9 heteroatoms. The molecule has 2 fully saturated rings.